The summed E-state index contributed by atoms with van der Waals surface area (Å²) in [4.78, 5) is 17.3. The lowest BCUT2D eigenvalue weighted by atomic mass is 9.96. The van der Waals surface area contributed by atoms with Crippen LogP contribution in [0.3, 0.4) is 0 Å². The van der Waals surface area contributed by atoms with Crippen molar-refractivity contribution in [1.82, 2.24) is 19.6 Å². The first kappa shape index (κ1) is 23.1. The Balaban J connectivity index is 1.53. The van der Waals surface area contributed by atoms with E-state index >= 15 is 0 Å². The van der Waals surface area contributed by atoms with Crippen molar-refractivity contribution in [3.05, 3.63) is 88.7 Å². The molecular weight excluding hydrogens is 422 g/mol. The quantitative estimate of drug-likeness (QED) is 0.573. The maximum Gasteiger partial charge on any atom is 0.257 e. The summed E-state index contributed by atoms with van der Waals surface area (Å²) >= 11 is 0. The van der Waals surface area contributed by atoms with Crippen molar-refractivity contribution < 1.29 is 13.6 Å². The van der Waals surface area contributed by atoms with E-state index in [2.05, 4.69) is 30.8 Å². The summed E-state index contributed by atoms with van der Waals surface area (Å²) in [6, 6.07) is 12.7. The first-order valence-corrected chi connectivity index (χ1v) is 11.2. The summed E-state index contributed by atoms with van der Waals surface area (Å²) in [6.45, 7) is 10.5. The summed E-state index contributed by atoms with van der Waals surface area (Å²) < 4.78 is 29.0. The Morgan fingerprint density at radius 1 is 0.879 bits per heavy atom. The number of carbonyl (C=O) groups is 1. The third-order valence-corrected chi connectivity index (χ3v) is 6.21. The minimum Gasteiger partial charge on any atom is -0.336 e. The van der Waals surface area contributed by atoms with Gasteiger partial charge < -0.3 is 4.90 Å². The summed E-state index contributed by atoms with van der Waals surface area (Å²) in [7, 11) is 0. The Hall–Kier alpha value is -3.06. The normalized spacial score (nSPS) is 15.3. The summed E-state index contributed by atoms with van der Waals surface area (Å²) in [5, 5.41) is 4.44. The van der Waals surface area contributed by atoms with E-state index < -0.39 is 0 Å². The van der Waals surface area contributed by atoms with Crippen LogP contribution >= 0.6 is 0 Å². The third kappa shape index (κ3) is 4.83. The van der Waals surface area contributed by atoms with Crippen LogP contribution < -0.4 is 0 Å². The molecule has 174 valence electrons. The standard InChI is InChI=1S/C26H30F2N4O/c1-18-23(17-29-32(18)26(2,3)4)25(33)31-15-13-30(14-16-31)24(19-5-9-21(27)10-6-19)20-7-11-22(28)12-8-20/h5-12,17,24H,13-16H2,1-4H3. The lowest BCUT2D eigenvalue weighted by Gasteiger charge is -2.39. The van der Waals surface area contributed by atoms with Crippen LogP contribution in [-0.4, -0.2) is 51.7 Å². The zero-order valence-corrected chi connectivity index (χ0v) is 19.6. The molecule has 1 aliphatic rings. The highest BCUT2D eigenvalue weighted by Gasteiger charge is 2.30. The van der Waals surface area contributed by atoms with Gasteiger partial charge in [0, 0.05) is 31.9 Å². The van der Waals surface area contributed by atoms with E-state index in [1.165, 1.54) is 24.3 Å². The number of piperazine rings is 1. The number of halogens is 2. The number of benzene rings is 2. The van der Waals surface area contributed by atoms with Crippen molar-refractivity contribution in [2.45, 2.75) is 39.3 Å². The number of amides is 1. The SMILES string of the molecule is Cc1c(C(=O)N2CCN(C(c3ccc(F)cc3)c3ccc(F)cc3)CC2)cnn1C(C)(C)C. The fraction of sp³-hybridized carbons (Fsp3) is 0.385. The van der Waals surface area contributed by atoms with Crippen LogP contribution in [0, 0.1) is 18.6 Å². The van der Waals surface area contributed by atoms with Gasteiger partial charge in [-0.05, 0) is 63.1 Å². The minimum atomic E-state index is -0.293. The van der Waals surface area contributed by atoms with Gasteiger partial charge >= 0.3 is 0 Å². The molecule has 2 heterocycles. The van der Waals surface area contributed by atoms with Crippen molar-refractivity contribution in [1.29, 1.82) is 0 Å². The Labute approximate surface area is 193 Å². The number of rotatable bonds is 4. The van der Waals surface area contributed by atoms with Crippen LogP contribution in [0.2, 0.25) is 0 Å². The van der Waals surface area contributed by atoms with Gasteiger partial charge in [-0.1, -0.05) is 24.3 Å². The zero-order chi connectivity index (χ0) is 23.8. The first-order valence-electron chi connectivity index (χ1n) is 11.2. The molecule has 0 spiro atoms. The zero-order valence-electron chi connectivity index (χ0n) is 19.6. The largest absolute Gasteiger partial charge is 0.336 e. The minimum absolute atomic E-state index is 0.0113. The fourth-order valence-electron chi connectivity index (χ4n) is 4.55. The predicted octanol–water partition coefficient (Wildman–Crippen LogP) is 4.77. The van der Waals surface area contributed by atoms with Crippen LogP contribution in [0.5, 0.6) is 0 Å². The van der Waals surface area contributed by atoms with E-state index in [-0.39, 0.29) is 29.1 Å². The highest BCUT2D eigenvalue weighted by Crippen LogP contribution is 2.30. The molecule has 1 fully saturated rings. The van der Waals surface area contributed by atoms with Gasteiger partial charge in [-0.3, -0.25) is 14.4 Å². The molecule has 33 heavy (non-hydrogen) atoms. The lowest BCUT2D eigenvalue weighted by molar-refractivity contribution is 0.0596. The molecule has 1 aliphatic heterocycles. The van der Waals surface area contributed by atoms with Gasteiger partial charge in [0.25, 0.3) is 5.91 Å². The molecule has 0 aliphatic carbocycles. The topological polar surface area (TPSA) is 41.4 Å². The van der Waals surface area contributed by atoms with Crippen molar-refractivity contribution >= 4 is 5.91 Å². The maximum absolute atomic E-state index is 13.5. The number of carbonyl (C=O) groups excluding carboxylic acids is 1. The highest BCUT2D eigenvalue weighted by molar-refractivity contribution is 5.95. The smallest absolute Gasteiger partial charge is 0.257 e. The molecule has 0 bridgehead atoms. The van der Waals surface area contributed by atoms with E-state index in [0.29, 0.717) is 31.7 Å². The van der Waals surface area contributed by atoms with Gasteiger partial charge in [0.05, 0.1) is 23.3 Å². The molecule has 7 heteroatoms. The molecule has 0 unspecified atom stereocenters. The van der Waals surface area contributed by atoms with Gasteiger partial charge in [0.1, 0.15) is 11.6 Å². The van der Waals surface area contributed by atoms with Gasteiger partial charge in [-0.25, -0.2) is 8.78 Å². The van der Waals surface area contributed by atoms with Crippen LogP contribution in [0.15, 0.2) is 54.7 Å². The molecule has 1 saturated heterocycles. The molecule has 1 amide bonds. The second-order valence-electron chi connectivity index (χ2n) is 9.56. The van der Waals surface area contributed by atoms with Gasteiger partial charge in [-0.2, -0.15) is 5.10 Å². The molecule has 0 atom stereocenters. The monoisotopic (exact) mass is 452 g/mol. The lowest BCUT2D eigenvalue weighted by Crippen LogP contribution is -2.50. The highest BCUT2D eigenvalue weighted by atomic mass is 19.1. The van der Waals surface area contributed by atoms with Crippen molar-refractivity contribution in [3.63, 3.8) is 0 Å². The number of aromatic nitrogens is 2. The molecule has 1 aromatic heterocycles. The van der Waals surface area contributed by atoms with Gasteiger partial charge in [0.2, 0.25) is 0 Å². The Kier molecular flexibility index (Phi) is 6.34. The molecular formula is C26H30F2N4O. The van der Waals surface area contributed by atoms with Crippen molar-refractivity contribution in [2.75, 3.05) is 26.2 Å². The Bertz CT molecular complexity index is 1060. The summed E-state index contributed by atoms with van der Waals surface area (Å²) in [6.07, 6.45) is 1.66. The Morgan fingerprint density at radius 2 is 1.36 bits per heavy atom. The van der Waals surface area contributed by atoms with Gasteiger partial charge in [0.15, 0.2) is 0 Å². The van der Waals surface area contributed by atoms with Crippen LogP contribution in [0.25, 0.3) is 0 Å². The number of hydrogen-bond donors (Lipinski definition) is 0. The first-order chi connectivity index (χ1) is 15.6. The summed E-state index contributed by atoms with van der Waals surface area (Å²) in [5.41, 5.74) is 3.17. The van der Waals surface area contributed by atoms with E-state index in [4.69, 9.17) is 0 Å². The second-order valence-corrected chi connectivity index (χ2v) is 9.56. The molecule has 0 radical (unpaired) electrons. The fourth-order valence-corrected chi connectivity index (χ4v) is 4.55. The molecule has 0 N–H and O–H groups in total. The number of hydrogen-bond acceptors (Lipinski definition) is 3. The average Bonchev–Trinajstić information content (AvgIpc) is 3.18. The molecule has 4 rings (SSSR count). The van der Waals surface area contributed by atoms with E-state index in [1.807, 2.05) is 16.5 Å². The van der Waals surface area contributed by atoms with Crippen LogP contribution in [-0.2, 0) is 5.54 Å². The molecule has 0 saturated carbocycles. The summed E-state index contributed by atoms with van der Waals surface area (Å²) in [5.74, 6) is -0.598. The van der Waals surface area contributed by atoms with Crippen LogP contribution in [0.1, 0.15) is 54.0 Å². The molecule has 5 nitrogen and oxygen atoms in total. The average molecular weight is 453 g/mol. The van der Waals surface area contributed by atoms with Gasteiger partial charge in [-0.15, -0.1) is 0 Å². The van der Waals surface area contributed by atoms with E-state index in [9.17, 15) is 13.6 Å². The maximum atomic E-state index is 13.5. The van der Waals surface area contributed by atoms with E-state index in [0.717, 1.165) is 16.8 Å². The Morgan fingerprint density at radius 3 is 1.79 bits per heavy atom. The third-order valence-electron chi connectivity index (χ3n) is 6.21. The van der Waals surface area contributed by atoms with Crippen molar-refractivity contribution in [3.8, 4) is 0 Å². The predicted molar refractivity (Wildman–Crippen MR) is 124 cm³/mol. The van der Waals surface area contributed by atoms with Crippen molar-refractivity contribution in [2.24, 2.45) is 0 Å². The molecule has 2 aromatic carbocycles. The molecule has 3 aromatic rings. The number of nitrogens with zero attached hydrogens (tertiary/aromatic N) is 4. The second kappa shape index (κ2) is 9.06. The van der Waals surface area contributed by atoms with Crippen LogP contribution in [0.4, 0.5) is 8.78 Å². The van der Waals surface area contributed by atoms with E-state index in [1.54, 1.807) is 30.5 Å².